The van der Waals surface area contributed by atoms with Crippen molar-refractivity contribution in [3.8, 4) is 5.88 Å². The first-order valence-corrected chi connectivity index (χ1v) is 4.56. The Balaban J connectivity index is 3.32. The Kier molecular flexibility index (Phi) is 4.00. The summed E-state index contributed by atoms with van der Waals surface area (Å²) in [5, 5.41) is 8.49. The van der Waals surface area contributed by atoms with Gasteiger partial charge in [0.25, 0.3) is 6.43 Å². The van der Waals surface area contributed by atoms with Gasteiger partial charge in [0.1, 0.15) is 5.15 Å². The third kappa shape index (κ3) is 2.79. The highest BCUT2D eigenvalue weighted by atomic mass is 35.5. The van der Waals surface area contributed by atoms with Gasteiger partial charge in [-0.2, -0.15) is 0 Å². The predicted molar refractivity (Wildman–Crippen MR) is 52.1 cm³/mol. The van der Waals surface area contributed by atoms with Crippen LogP contribution in [-0.4, -0.2) is 23.2 Å². The zero-order valence-corrected chi connectivity index (χ0v) is 8.96. The second-order valence-electron chi connectivity index (χ2n) is 2.90. The van der Waals surface area contributed by atoms with Crippen LogP contribution in [0.15, 0.2) is 6.07 Å². The molecule has 0 aliphatic carbocycles. The number of nitrogens with zero attached hydrogens (tertiary/aromatic N) is 1. The van der Waals surface area contributed by atoms with Gasteiger partial charge in [-0.15, -0.1) is 0 Å². The molecule has 1 aromatic rings. The van der Waals surface area contributed by atoms with Crippen LogP contribution in [0.25, 0.3) is 0 Å². The van der Waals surface area contributed by atoms with Crippen molar-refractivity contribution in [2.24, 2.45) is 0 Å². The van der Waals surface area contributed by atoms with Crippen molar-refractivity contribution in [2.45, 2.75) is 12.8 Å². The van der Waals surface area contributed by atoms with Crippen LogP contribution in [0, 0.1) is 0 Å². The number of ether oxygens (including phenoxy) is 1. The molecule has 0 saturated carbocycles. The molecule has 16 heavy (non-hydrogen) atoms. The number of rotatable bonds is 4. The average molecular weight is 252 g/mol. The summed E-state index contributed by atoms with van der Waals surface area (Å²) in [5.74, 6) is -1.58. The monoisotopic (exact) mass is 251 g/mol. The highest BCUT2D eigenvalue weighted by Crippen LogP contribution is 2.32. The third-order valence-corrected chi connectivity index (χ3v) is 2.02. The Morgan fingerprint density at radius 1 is 1.69 bits per heavy atom. The van der Waals surface area contributed by atoms with Crippen molar-refractivity contribution in [2.75, 3.05) is 7.11 Å². The molecule has 1 aromatic heterocycles. The maximum absolute atomic E-state index is 12.7. The quantitative estimate of drug-likeness (QED) is 0.834. The molecule has 7 heteroatoms. The van der Waals surface area contributed by atoms with E-state index in [0.29, 0.717) is 0 Å². The van der Waals surface area contributed by atoms with E-state index in [0.717, 1.165) is 13.2 Å². The number of alkyl halides is 2. The van der Waals surface area contributed by atoms with Gasteiger partial charge in [-0.05, 0) is 11.6 Å². The van der Waals surface area contributed by atoms with E-state index < -0.39 is 24.4 Å². The van der Waals surface area contributed by atoms with Crippen molar-refractivity contribution in [3.63, 3.8) is 0 Å². The summed E-state index contributed by atoms with van der Waals surface area (Å²) < 4.78 is 30.0. The second kappa shape index (κ2) is 5.07. The summed E-state index contributed by atoms with van der Waals surface area (Å²) in [6, 6.07) is 1.10. The number of aliphatic carboxylic acids is 1. The molecule has 0 atom stereocenters. The lowest BCUT2D eigenvalue weighted by atomic mass is 10.1. The van der Waals surface area contributed by atoms with Gasteiger partial charge in [-0.1, -0.05) is 11.6 Å². The molecule has 0 unspecified atom stereocenters. The van der Waals surface area contributed by atoms with E-state index in [-0.39, 0.29) is 16.6 Å². The van der Waals surface area contributed by atoms with Gasteiger partial charge in [-0.25, -0.2) is 13.8 Å². The maximum Gasteiger partial charge on any atom is 0.307 e. The van der Waals surface area contributed by atoms with Gasteiger partial charge < -0.3 is 9.84 Å². The number of pyridine rings is 1. The van der Waals surface area contributed by atoms with Gasteiger partial charge in [0.2, 0.25) is 5.88 Å². The lowest BCUT2D eigenvalue weighted by Crippen LogP contribution is -2.07. The van der Waals surface area contributed by atoms with Crippen LogP contribution in [0.2, 0.25) is 5.15 Å². The minimum atomic E-state index is -2.87. The molecule has 0 aromatic carbocycles. The summed E-state index contributed by atoms with van der Waals surface area (Å²) >= 11 is 5.56. The molecular weight excluding hydrogens is 244 g/mol. The van der Waals surface area contributed by atoms with Gasteiger partial charge in [0.05, 0.1) is 19.1 Å². The number of aromatic nitrogens is 1. The van der Waals surface area contributed by atoms with E-state index in [1.807, 2.05) is 0 Å². The van der Waals surface area contributed by atoms with Crippen molar-refractivity contribution in [1.82, 2.24) is 4.98 Å². The third-order valence-electron chi connectivity index (χ3n) is 1.83. The number of carboxylic acids is 1. The fraction of sp³-hybridized carbons (Fsp3) is 0.333. The molecule has 0 fully saturated rings. The smallest absolute Gasteiger partial charge is 0.307 e. The number of hydrogen-bond donors (Lipinski definition) is 1. The minimum Gasteiger partial charge on any atom is -0.481 e. The molecule has 0 amide bonds. The van der Waals surface area contributed by atoms with E-state index >= 15 is 0 Å². The summed E-state index contributed by atoms with van der Waals surface area (Å²) in [6.45, 7) is 0. The molecule has 88 valence electrons. The van der Waals surface area contributed by atoms with Gasteiger partial charge in [0.15, 0.2) is 0 Å². The lowest BCUT2D eigenvalue weighted by Gasteiger charge is -2.11. The van der Waals surface area contributed by atoms with Crippen LogP contribution >= 0.6 is 11.6 Å². The van der Waals surface area contributed by atoms with Crippen LogP contribution in [0.4, 0.5) is 8.78 Å². The minimum absolute atomic E-state index is 0.0856. The number of halogens is 3. The molecule has 1 heterocycles. The number of carboxylic acid groups (broad SMARTS) is 1. The predicted octanol–water partition coefficient (Wildman–Crippen LogP) is 2.31. The molecule has 4 nitrogen and oxygen atoms in total. The van der Waals surface area contributed by atoms with Gasteiger partial charge >= 0.3 is 5.97 Å². The molecule has 0 aliphatic rings. The van der Waals surface area contributed by atoms with E-state index in [1.165, 1.54) is 0 Å². The Morgan fingerprint density at radius 2 is 2.31 bits per heavy atom. The SMILES string of the molecule is COc1nc(Cl)cc(CC(=O)O)c1C(F)F. The van der Waals surface area contributed by atoms with Crippen molar-refractivity contribution >= 4 is 17.6 Å². The molecule has 0 radical (unpaired) electrons. The molecule has 0 aliphatic heterocycles. The molecule has 1 rings (SSSR count). The standard InChI is InChI=1S/C9H8ClF2NO3/c1-16-9-7(8(11)12)4(3-6(14)15)2-5(10)13-9/h2,8H,3H2,1H3,(H,14,15). The molecule has 0 saturated heterocycles. The van der Waals surface area contributed by atoms with Crippen LogP contribution in [0.5, 0.6) is 5.88 Å². The van der Waals surface area contributed by atoms with Crippen molar-refractivity contribution in [1.29, 1.82) is 0 Å². The number of carbonyl (C=O) groups is 1. The van der Waals surface area contributed by atoms with Crippen LogP contribution in [-0.2, 0) is 11.2 Å². The van der Waals surface area contributed by atoms with Crippen LogP contribution in [0.3, 0.4) is 0 Å². The maximum atomic E-state index is 12.7. The Labute approximate surface area is 94.8 Å². The molecule has 0 spiro atoms. The largest absolute Gasteiger partial charge is 0.481 e. The van der Waals surface area contributed by atoms with Crippen molar-refractivity contribution in [3.05, 3.63) is 22.3 Å². The van der Waals surface area contributed by atoms with Crippen LogP contribution < -0.4 is 4.74 Å². The first kappa shape index (κ1) is 12.6. The van der Waals surface area contributed by atoms with E-state index in [2.05, 4.69) is 9.72 Å². The molecule has 0 bridgehead atoms. The number of methoxy groups -OCH3 is 1. The highest BCUT2D eigenvalue weighted by Gasteiger charge is 2.22. The summed E-state index contributed by atoms with van der Waals surface area (Å²) in [5.41, 5.74) is -0.631. The highest BCUT2D eigenvalue weighted by molar-refractivity contribution is 6.29. The van der Waals surface area contributed by atoms with Gasteiger partial charge in [-0.3, -0.25) is 4.79 Å². The van der Waals surface area contributed by atoms with E-state index in [1.54, 1.807) is 0 Å². The van der Waals surface area contributed by atoms with Crippen molar-refractivity contribution < 1.29 is 23.4 Å². The summed E-state index contributed by atoms with van der Waals surface area (Å²) in [4.78, 5) is 14.1. The Bertz CT molecular complexity index is 412. The van der Waals surface area contributed by atoms with Gasteiger partial charge in [0, 0.05) is 0 Å². The summed E-state index contributed by atoms with van der Waals surface area (Å²) in [7, 11) is 1.16. The molecule has 1 N–H and O–H groups in total. The Morgan fingerprint density at radius 3 is 2.75 bits per heavy atom. The first-order valence-electron chi connectivity index (χ1n) is 4.19. The zero-order valence-electron chi connectivity index (χ0n) is 8.21. The normalized spacial score (nSPS) is 10.6. The topological polar surface area (TPSA) is 59.4 Å². The van der Waals surface area contributed by atoms with E-state index in [9.17, 15) is 13.6 Å². The fourth-order valence-corrected chi connectivity index (χ4v) is 1.46. The average Bonchev–Trinajstić information content (AvgIpc) is 2.14. The van der Waals surface area contributed by atoms with Crippen LogP contribution in [0.1, 0.15) is 17.6 Å². The number of hydrogen-bond acceptors (Lipinski definition) is 3. The summed E-state index contributed by atoms with van der Waals surface area (Å²) in [6.07, 6.45) is -3.42. The lowest BCUT2D eigenvalue weighted by molar-refractivity contribution is -0.136. The van der Waals surface area contributed by atoms with E-state index in [4.69, 9.17) is 16.7 Å². The fourth-order valence-electron chi connectivity index (χ4n) is 1.25. The molecular formula is C9H8ClF2NO3. The second-order valence-corrected chi connectivity index (χ2v) is 3.29. The first-order chi connectivity index (χ1) is 7.45. The zero-order chi connectivity index (χ0) is 12.3. The Hall–Kier alpha value is -1.43.